The van der Waals surface area contributed by atoms with Crippen LogP contribution in [0, 0.1) is 11.8 Å². The molecule has 1 fully saturated rings. The average Bonchev–Trinajstić information content (AvgIpc) is 3.60. The van der Waals surface area contributed by atoms with Crippen molar-refractivity contribution in [3.63, 3.8) is 0 Å². The first-order chi connectivity index (χ1) is 17.3. The number of nitrogens with one attached hydrogen (secondary N) is 1. The van der Waals surface area contributed by atoms with E-state index in [9.17, 15) is 4.79 Å². The summed E-state index contributed by atoms with van der Waals surface area (Å²) in [5.41, 5.74) is 7.95. The highest BCUT2D eigenvalue weighted by molar-refractivity contribution is 7.99. The van der Waals surface area contributed by atoms with Gasteiger partial charge in [-0.25, -0.2) is 0 Å². The zero-order valence-electron chi connectivity index (χ0n) is 19.9. The van der Waals surface area contributed by atoms with Gasteiger partial charge in [0.1, 0.15) is 5.60 Å². The van der Waals surface area contributed by atoms with Crippen LogP contribution in [-0.2, 0) is 9.53 Å². The number of benzene rings is 2. The number of hydrogen-bond donors (Lipinski definition) is 2. The molecule has 4 rings (SSSR count). The summed E-state index contributed by atoms with van der Waals surface area (Å²) in [5.74, 6) is 6.54. The Labute approximate surface area is 224 Å². The molecule has 36 heavy (non-hydrogen) atoms. The Morgan fingerprint density at radius 2 is 2.06 bits per heavy atom. The Morgan fingerprint density at radius 1 is 1.25 bits per heavy atom. The first-order valence-electron chi connectivity index (χ1n) is 11.4. The van der Waals surface area contributed by atoms with E-state index in [-0.39, 0.29) is 11.7 Å². The normalized spacial score (nSPS) is 13.2. The van der Waals surface area contributed by atoms with Crippen LogP contribution in [0.1, 0.15) is 43.7 Å². The van der Waals surface area contributed by atoms with Gasteiger partial charge in [-0.3, -0.25) is 4.79 Å². The molecule has 0 radical (unpaired) electrons. The second-order valence-corrected chi connectivity index (χ2v) is 10.5. The summed E-state index contributed by atoms with van der Waals surface area (Å²) in [4.78, 5) is 12.6. The standard InChI is InChI=1S/C25H26Cl2N6O2S/c1-25(2,35-12-11-28)10-9-16-3-7-21(19(26)13-16)29-23(34)15-36-24-30-31-32-33(24)22-8-6-18(14-20(22)27)17-4-5-17/h3,6-8,13-14,17H,4-5,11-12,15,28H2,1-2H3,(H,29,34). The van der Waals surface area contributed by atoms with Crippen molar-refractivity contribution in [3.05, 3.63) is 57.6 Å². The lowest BCUT2D eigenvalue weighted by atomic mass is 10.1. The highest BCUT2D eigenvalue weighted by Gasteiger charge is 2.24. The fourth-order valence-corrected chi connectivity index (χ4v) is 4.55. The minimum Gasteiger partial charge on any atom is -0.362 e. The smallest absolute Gasteiger partial charge is 0.234 e. The summed E-state index contributed by atoms with van der Waals surface area (Å²) in [5, 5.41) is 16.1. The lowest BCUT2D eigenvalue weighted by molar-refractivity contribution is -0.113. The van der Waals surface area contributed by atoms with Gasteiger partial charge in [0.05, 0.1) is 33.8 Å². The molecular weight excluding hydrogens is 519 g/mol. The van der Waals surface area contributed by atoms with Gasteiger partial charge in [-0.15, -0.1) is 5.10 Å². The first-order valence-corrected chi connectivity index (χ1v) is 13.2. The first kappa shape index (κ1) is 26.5. The Morgan fingerprint density at radius 3 is 2.75 bits per heavy atom. The van der Waals surface area contributed by atoms with E-state index >= 15 is 0 Å². The molecule has 1 aliphatic rings. The van der Waals surface area contributed by atoms with Crippen LogP contribution in [0.15, 0.2) is 41.6 Å². The van der Waals surface area contributed by atoms with Crippen LogP contribution in [0.5, 0.6) is 0 Å². The van der Waals surface area contributed by atoms with Crippen LogP contribution in [0.25, 0.3) is 5.69 Å². The number of ether oxygens (including phenoxy) is 1. The number of nitrogens with zero attached hydrogens (tertiary/aromatic N) is 4. The summed E-state index contributed by atoms with van der Waals surface area (Å²) in [7, 11) is 0. The Balaban J connectivity index is 1.36. The Bertz CT molecular complexity index is 1310. The van der Waals surface area contributed by atoms with Gasteiger partial charge < -0.3 is 15.8 Å². The summed E-state index contributed by atoms with van der Waals surface area (Å²) in [6, 6.07) is 11.1. The quantitative estimate of drug-likeness (QED) is 0.297. The van der Waals surface area contributed by atoms with Gasteiger partial charge >= 0.3 is 0 Å². The van der Waals surface area contributed by atoms with E-state index in [1.165, 1.54) is 34.8 Å². The van der Waals surface area contributed by atoms with Crippen molar-refractivity contribution >= 4 is 46.6 Å². The van der Waals surface area contributed by atoms with Gasteiger partial charge in [0.15, 0.2) is 0 Å². The van der Waals surface area contributed by atoms with Crippen LogP contribution in [0.3, 0.4) is 0 Å². The topological polar surface area (TPSA) is 108 Å². The van der Waals surface area contributed by atoms with E-state index in [0.717, 1.165) is 0 Å². The predicted octanol–water partition coefficient (Wildman–Crippen LogP) is 4.68. The number of nitrogens with two attached hydrogens (primary N) is 1. The molecule has 0 saturated heterocycles. The highest BCUT2D eigenvalue weighted by Crippen LogP contribution is 2.41. The van der Waals surface area contributed by atoms with Crippen molar-refractivity contribution in [2.45, 2.75) is 43.4 Å². The maximum Gasteiger partial charge on any atom is 0.234 e. The molecule has 0 aliphatic heterocycles. The van der Waals surface area contributed by atoms with Gasteiger partial charge in [0.25, 0.3) is 0 Å². The Kier molecular flexibility index (Phi) is 8.54. The molecule has 1 heterocycles. The van der Waals surface area contributed by atoms with Crippen molar-refractivity contribution in [3.8, 4) is 17.5 Å². The molecule has 8 nitrogen and oxygen atoms in total. The molecule has 0 unspecified atom stereocenters. The van der Waals surface area contributed by atoms with Crippen molar-refractivity contribution < 1.29 is 9.53 Å². The van der Waals surface area contributed by atoms with Gasteiger partial charge in [-0.05, 0) is 78.9 Å². The maximum atomic E-state index is 12.6. The SMILES string of the molecule is CC(C)(C#Cc1ccc(NC(=O)CSc2nnnn2-c2ccc(C3CC3)cc2Cl)c(Cl)c1)OCCN. The minimum atomic E-state index is -0.630. The van der Waals surface area contributed by atoms with E-state index < -0.39 is 5.60 Å². The van der Waals surface area contributed by atoms with Crippen molar-refractivity contribution in [2.75, 3.05) is 24.2 Å². The largest absolute Gasteiger partial charge is 0.362 e. The number of halogens is 2. The third-order valence-electron chi connectivity index (χ3n) is 5.35. The summed E-state index contributed by atoms with van der Waals surface area (Å²) in [6.45, 7) is 4.60. The molecule has 1 aromatic heterocycles. The molecule has 1 saturated carbocycles. The van der Waals surface area contributed by atoms with Crippen LogP contribution < -0.4 is 11.1 Å². The number of thioether (sulfide) groups is 1. The minimum absolute atomic E-state index is 0.0860. The number of rotatable bonds is 9. The zero-order valence-corrected chi connectivity index (χ0v) is 22.3. The zero-order chi connectivity index (χ0) is 25.7. The molecule has 1 amide bonds. The van der Waals surface area contributed by atoms with Gasteiger partial charge in [0.2, 0.25) is 11.1 Å². The predicted molar refractivity (Wildman–Crippen MR) is 143 cm³/mol. The number of carbonyl (C=O) groups is 1. The molecule has 0 spiro atoms. The van der Waals surface area contributed by atoms with Gasteiger partial charge in [0, 0.05) is 12.1 Å². The number of tetrazole rings is 1. The fourth-order valence-electron chi connectivity index (χ4n) is 3.37. The third-order valence-corrected chi connectivity index (χ3v) is 6.89. The van der Waals surface area contributed by atoms with Crippen LogP contribution >= 0.6 is 35.0 Å². The molecular formula is C25H26Cl2N6O2S. The third kappa shape index (κ3) is 6.99. The highest BCUT2D eigenvalue weighted by atomic mass is 35.5. The molecule has 3 aromatic rings. The second-order valence-electron chi connectivity index (χ2n) is 8.79. The molecule has 2 aromatic carbocycles. The molecule has 11 heteroatoms. The summed E-state index contributed by atoms with van der Waals surface area (Å²) in [6.07, 6.45) is 2.39. The monoisotopic (exact) mass is 544 g/mol. The average molecular weight is 545 g/mol. The number of carbonyl (C=O) groups excluding carboxylic acids is 1. The van der Waals surface area contributed by atoms with Gasteiger partial charge in [-0.2, -0.15) is 4.68 Å². The van der Waals surface area contributed by atoms with E-state index in [4.69, 9.17) is 33.7 Å². The molecule has 0 atom stereocenters. The van der Waals surface area contributed by atoms with E-state index in [1.807, 2.05) is 32.0 Å². The molecule has 1 aliphatic carbocycles. The maximum absolute atomic E-state index is 12.6. The summed E-state index contributed by atoms with van der Waals surface area (Å²) >= 11 is 14.1. The van der Waals surface area contributed by atoms with Crippen molar-refractivity contribution in [1.29, 1.82) is 0 Å². The molecule has 3 N–H and O–H groups in total. The number of anilines is 1. The van der Waals surface area contributed by atoms with Crippen molar-refractivity contribution in [2.24, 2.45) is 5.73 Å². The van der Waals surface area contributed by atoms with Crippen LogP contribution in [0.2, 0.25) is 10.0 Å². The number of amides is 1. The lowest BCUT2D eigenvalue weighted by Crippen LogP contribution is -2.25. The number of aromatic nitrogens is 4. The molecule has 0 bridgehead atoms. The lowest BCUT2D eigenvalue weighted by Gasteiger charge is -2.17. The number of hydrogen-bond acceptors (Lipinski definition) is 7. The Hall–Kier alpha value is -2.61. The molecule has 188 valence electrons. The van der Waals surface area contributed by atoms with Crippen molar-refractivity contribution in [1.82, 2.24) is 20.2 Å². The van der Waals surface area contributed by atoms with E-state index in [2.05, 4.69) is 32.7 Å². The van der Waals surface area contributed by atoms with Crippen LogP contribution in [0.4, 0.5) is 5.69 Å². The van der Waals surface area contributed by atoms with Gasteiger partial charge in [-0.1, -0.05) is 52.9 Å². The second kappa shape index (κ2) is 11.6. The summed E-state index contributed by atoms with van der Waals surface area (Å²) < 4.78 is 7.15. The fraction of sp³-hybridized carbons (Fsp3) is 0.360. The van der Waals surface area contributed by atoms with Crippen LogP contribution in [-0.4, -0.2) is 50.6 Å². The van der Waals surface area contributed by atoms with E-state index in [1.54, 1.807) is 18.2 Å². The van der Waals surface area contributed by atoms with E-state index in [0.29, 0.717) is 51.2 Å².